The zero-order valence-electron chi connectivity index (χ0n) is 13.5. The highest BCUT2D eigenvalue weighted by molar-refractivity contribution is 5.92. The van der Waals surface area contributed by atoms with E-state index in [1.54, 1.807) is 18.2 Å². The number of anilines is 1. The molecule has 0 spiro atoms. The molecule has 9 heteroatoms. The third-order valence-corrected chi connectivity index (χ3v) is 4.06. The van der Waals surface area contributed by atoms with Gasteiger partial charge in [0.25, 0.3) is 5.56 Å². The van der Waals surface area contributed by atoms with Crippen molar-refractivity contribution < 1.29 is 19.1 Å². The zero-order valence-corrected chi connectivity index (χ0v) is 13.5. The molecule has 1 aliphatic rings. The molecule has 1 fully saturated rings. The number of carbonyl (C=O) groups is 3. The van der Waals surface area contributed by atoms with Crippen LogP contribution in [0, 0.1) is 0 Å². The minimum atomic E-state index is -0.905. The van der Waals surface area contributed by atoms with Crippen LogP contribution in [0.25, 0.3) is 5.65 Å². The molecule has 25 heavy (non-hydrogen) atoms. The van der Waals surface area contributed by atoms with E-state index in [1.165, 1.54) is 22.6 Å². The number of nitrogens with zero attached hydrogens (tertiary/aromatic N) is 3. The van der Waals surface area contributed by atoms with Gasteiger partial charge >= 0.3 is 5.97 Å². The Morgan fingerprint density at radius 3 is 2.96 bits per heavy atom. The first kappa shape index (κ1) is 16.6. The maximum absolute atomic E-state index is 12.6. The summed E-state index contributed by atoms with van der Waals surface area (Å²) in [6, 6.07) is 4.08. The number of esters is 1. The molecule has 1 saturated heterocycles. The largest absolute Gasteiger partial charge is 0.469 e. The fraction of sp³-hybridized carbons (Fsp3) is 0.312. The molecule has 130 valence electrons. The molecule has 1 N–H and O–H groups in total. The summed E-state index contributed by atoms with van der Waals surface area (Å²) in [6.45, 7) is 0.619. The van der Waals surface area contributed by atoms with Gasteiger partial charge in [0.05, 0.1) is 13.5 Å². The number of methoxy groups -OCH3 is 1. The van der Waals surface area contributed by atoms with Gasteiger partial charge in [-0.1, -0.05) is 6.07 Å². The van der Waals surface area contributed by atoms with Crippen LogP contribution in [0.2, 0.25) is 0 Å². The van der Waals surface area contributed by atoms with Gasteiger partial charge in [-0.25, -0.2) is 4.98 Å². The first-order valence-electron chi connectivity index (χ1n) is 7.64. The van der Waals surface area contributed by atoms with Crippen molar-refractivity contribution >= 4 is 29.6 Å². The third kappa shape index (κ3) is 2.95. The van der Waals surface area contributed by atoms with E-state index in [0.717, 1.165) is 0 Å². The number of hydrogen-bond donors (Lipinski definition) is 1. The van der Waals surface area contributed by atoms with Crippen LogP contribution in [-0.4, -0.2) is 53.8 Å². The first-order valence-corrected chi connectivity index (χ1v) is 7.64. The van der Waals surface area contributed by atoms with E-state index in [2.05, 4.69) is 15.0 Å². The van der Waals surface area contributed by atoms with Gasteiger partial charge in [-0.15, -0.1) is 0 Å². The molecule has 2 aromatic heterocycles. The summed E-state index contributed by atoms with van der Waals surface area (Å²) in [5.41, 5.74) is -0.345. The summed E-state index contributed by atoms with van der Waals surface area (Å²) in [5, 5.41) is 2.66. The van der Waals surface area contributed by atoms with E-state index >= 15 is 0 Å². The summed E-state index contributed by atoms with van der Waals surface area (Å²) >= 11 is 0. The lowest BCUT2D eigenvalue weighted by molar-refractivity contribution is -0.143. The number of fused-ring (bicyclic) bond motifs is 1. The number of nitrogens with one attached hydrogen (secondary N) is 1. The van der Waals surface area contributed by atoms with E-state index in [9.17, 15) is 19.2 Å². The fourth-order valence-corrected chi connectivity index (χ4v) is 2.83. The van der Waals surface area contributed by atoms with Crippen molar-refractivity contribution in [2.75, 3.05) is 25.1 Å². The molecule has 0 aliphatic carbocycles. The van der Waals surface area contributed by atoms with Gasteiger partial charge in [0.2, 0.25) is 5.91 Å². The molecule has 1 aliphatic heterocycles. The maximum Gasteiger partial charge on any atom is 0.308 e. The van der Waals surface area contributed by atoms with Crippen LogP contribution in [0.3, 0.4) is 0 Å². The van der Waals surface area contributed by atoms with Crippen molar-refractivity contribution in [1.29, 1.82) is 0 Å². The normalized spacial score (nSPS) is 17.2. The Kier molecular flexibility index (Phi) is 4.46. The van der Waals surface area contributed by atoms with E-state index in [0.29, 0.717) is 25.0 Å². The van der Waals surface area contributed by atoms with E-state index in [-0.39, 0.29) is 23.7 Å². The number of ether oxygens (including phenoxy) is 1. The van der Waals surface area contributed by atoms with E-state index in [4.69, 9.17) is 0 Å². The molecule has 0 bridgehead atoms. The number of carbonyl (C=O) groups excluding carboxylic acids is 3. The molecule has 3 rings (SSSR count). The number of amides is 1. The summed E-state index contributed by atoms with van der Waals surface area (Å²) in [7, 11) is 1.23. The van der Waals surface area contributed by atoms with Gasteiger partial charge < -0.3 is 15.0 Å². The molecule has 0 aromatic carbocycles. The predicted molar refractivity (Wildman–Crippen MR) is 87.6 cm³/mol. The van der Waals surface area contributed by atoms with Gasteiger partial charge in [-0.05, 0) is 12.1 Å². The van der Waals surface area contributed by atoms with E-state index < -0.39 is 17.6 Å². The van der Waals surface area contributed by atoms with Gasteiger partial charge in [0.15, 0.2) is 6.29 Å². The number of pyridine rings is 1. The second-order valence-corrected chi connectivity index (χ2v) is 5.48. The average molecular weight is 344 g/mol. The van der Waals surface area contributed by atoms with Crippen LogP contribution >= 0.6 is 0 Å². The topological polar surface area (TPSA) is 110 Å². The SMILES string of the molecule is COC(=O)CC1C(=O)NCCN1c1nc2ccccn2c(=O)c1C=O. The van der Waals surface area contributed by atoms with Crippen LogP contribution in [0.1, 0.15) is 16.8 Å². The lowest BCUT2D eigenvalue weighted by Gasteiger charge is -2.35. The Hall–Kier alpha value is -3.23. The fourth-order valence-electron chi connectivity index (χ4n) is 2.83. The molecular weight excluding hydrogens is 328 g/mol. The minimum Gasteiger partial charge on any atom is -0.469 e. The molecule has 1 unspecified atom stereocenters. The summed E-state index contributed by atoms with van der Waals surface area (Å²) in [4.78, 5) is 53.8. The van der Waals surface area contributed by atoms with Crippen molar-refractivity contribution in [3.8, 4) is 0 Å². The molecule has 0 radical (unpaired) electrons. The monoisotopic (exact) mass is 344 g/mol. The van der Waals surface area contributed by atoms with Gasteiger partial charge in [-0.2, -0.15) is 0 Å². The van der Waals surface area contributed by atoms with Crippen LogP contribution in [-0.2, 0) is 14.3 Å². The molecule has 0 saturated carbocycles. The highest BCUT2D eigenvalue weighted by Gasteiger charge is 2.34. The number of aldehydes is 1. The zero-order chi connectivity index (χ0) is 18.0. The first-order chi connectivity index (χ1) is 12.1. The molecule has 3 heterocycles. The molecule has 1 amide bonds. The Labute approximate surface area is 142 Å². The van der Waals surface area contributed by atoms with E-state index in [1.807, 2.05) is 0 Å². The molecule has 2 aromatic rings. The highest BCUT2D eigenvalue weighted by Crippen LogP contribution is 2.21. The molecule has 1 atom stereocenters. The molecule has 9 nitrogen and oxygen atoms in total. The van der Waals surface area contributed by atoms with Crippen molar-refractivity contribution in [3.05, 3.63) is 40.3 Å². The summed E-state index contributed by atoms with van der Waals surface area (Å²) < 4.78 is 5.89. The van der Waals surface area contributed by atoms with Crippen LogP contribution in [0.4, 0.5) is 5.82 Å². The Bertz CT molecular complexity index is 907. The average Bonchev–Trinajstić information content (AvgIpc) is 2.63. The smallest absolute Gasteiger partial charge is 0.308 e. The van der Waals surface area contributed by atoms with Crippen molar-refractivity contribution in [1.82, 2.24) is 14.7 Å². The standard InChI is InChI=1S/C16H16N4O5/c1-25-13(22)8-11-15(23)17-5-7-19(11)14-10(9-21)16(24)20-6-3-2-4-12(20)18-14/h2-4,6,9,11H,5,7-8H2,1H3,(H,17,23). The minimum absolute atomic E-state index is 0.0925. The maximum atomic E-state index is 12.6. The molecular formula is C16H16N4O5. The van der Waals surface area contributed by atoms with Crippen molar-refractivity contribution in [2.24, 2.45) is 0 Å². The third-order valence-electron chi connectivity index (χ3n) is 4.06. The Morgan fingerprint density at radius 1 is 1.44 bits per heavy atom. The Balaban J connectivity index is 2.15. The number of hydrogen-bond acceptors (Lipinski definition) is 7. The number of piperazine rings is 1. The van der Waals surface area contributed by atoms with Crippen LogP contribution < -0.4 is 15.8 Å². The van der Waals surface area contributed by atoms with Gasteiger partial charge in [0.1, 0.15) is 23.1 Å². The van der Waals surface area contributed by atoms with Crippen LogP contribution in [0.15, 0.2) is 29.2 Å². The van der Waals surface area contributed by atoms with Gasteiger partial charge in [-0.3, -0.25) is 23.6 Å². The summed E-state index contributed by atoms with van der Waals surface area (Å²) in [6.07, 6.45) is 1.72. The van der Waals surface area contributed by atoms with Crippen molar-refractivity contribution in [3.63, 3.8) is 0 Å². The number of rotatable bonds is 4. The second kappa shape index (κ2) is 6.71. The highest BCUT2D eigenvalue weighted by atomic mass is 16.5. The summed E-state index contributed by atoms with van der Waals surface area (Å²) in [5.74, 6) is -0.865. The Morgan fingerprint density at radius 2 is 2.24 bits per heavy atom. The van der Waals surface area contributed by atoms with Gasteiger partial charge in [0, 0.05) is 19.3 Å². The lowest BCUT2D eigenvalue weighted by Crippen LogP contribution is -2.57. The van der Waals surface area contributed by atoms with Crippen LogP contribution in [0.5, 0.6) is 0 Å². The quantitative estimate of drug-likeness (QED) is 0.581. The lowest BCUT2D eigenvalue weighted by atomic mass is 10.1. The van der Waals surface area contributed by atoms with Crippen molar-refractivity contribution in [2.45, 2.75) is 12.5 Å². The predicted octanol–water partition coefficient (Wildman–Crippen LogP) is -0.625. The second-order valence-electron chi connectivity index (χ2n) is 5.48. The number of aromatic nitrogens is 2.